The van der Waals surface area contributed by atoms with Crippen LogP contribution in [0, 0.1) is 27.3 Å². The summed E-state index contributed by atoms with van der Waals surface area (Å²) in [6.45, 7) is 12.3. The number of amides is 1. The molecule has 3 aliphatic rings. The number of aliphatic hydroxyl groups excluding tert-OH is 1. The van der Waals surface area contributed by atoms with Gasteiger partial charge >= 0.3 is 0 Å². The normalized spacial score (nSPS) is 20.1. The fraction of sp³-hybridized carbons (Fsp3) is 0.407. The number of benzene rings is 3. The van der Waals surface area contributed by atoms with Crippen LogP contribution in [0.4, 0.5) is 21.5 Å². The number of piperazine rings is 1. The van der Waals surface area contributed by atoms with E-state index in [-0.39, 0.29) is 46.7 Å². The number of nitro benzene ring substituents is 1. The van der Waals surface area contributed by atoms with E-state index in [9.17, 15) is 33.5 Å². The quantitative estimate of drug-likeness (QED) is 0.0454. The van der Waals surface area contributed by atoms with Crippen LogP contribution < -0.4 is 19.7 Å². The minimum Gasteiger partial charge on any atom is -0.455 e. The average molecular weight is 1020 g/mol. The van der Waals surface area contributed by atoms with Crippen LogP contribution in [0.25, 0.3) is 27.7 Å². The Morgan fingerprint density at radius 1 is 1.03 bits per heavy atom. The molecule has 2 aliphatic carbocycles. The van der Waals surface area contributed by atoms with Crippen LogP contribution in [-0.4, -0.2) is 95.8 Å². The van der Waals surface area contributed by atoms with Crippen LogP contribution in [0.5, 0.6) is 11.5 Å². The number of fused-ring (bicyclic) bond motifs is 1. The molecule has 0 radical (unpaired) electrons. The van der Waals surface area contributed by atoms with Gasteiger partial charge in [-0.25, -0.2) is 22.5 Å². The van der Waals surface area contributed by atoms with E-state index in [1.807, 2.05) is 30.5 Å². The number of anilines is 2. The number of rotatable bonds is 16. The summed E-state index contributed by atoms with van der Waals surface area (Å²) in [5.41, 5.74) is 5.35. The number of H-pyrrole nitrogens is 1. The van der Waals surface area contributed by atoms with E-state index in [0.717, 1.165) is 84.9 Å². The highest BCUT2D eigenvalue weighted by atomic mass is 32.2. The van der Waals surface area contributed by atoms with Gasteiger partial charge in [0.05, 0.1) is 27.2 Å². The van der Waals surface area contributed by atoms with Gasteiger partial charge in [-0.2, -0.15) is 0 Å². The molecule has 1 saturated carbocycles. The number of halogens is 1. The molecule has 380 valence electrons. The molecular weight excluding hydrogens is 958 g/mol. The number of nitrogens with zero attached hydrogens (tertiary/aromatic N) is 4. The van der Waals surface area contributed by atoms with Crippen molar-refractivity contribution < 1.29 is 37.5 Å². The van der Waals surface area contributed by atoms with Crippen molar-refractivity contribution in [2.24, 2.45) is 11.3 Å². The summed E-state index contributed by atoms with van der Waals surface area (Å²) in [6.07, 6.45) is 8.96. The first-order valence-electron chi connectivity index (χ1n) is 24.6. The van der Waals surface area contributed by atoms with Crippen LogP contribution in [0.1, 0.15) is 99.4 Å². The Balaban J connectivity index is 0.911. The first-order chi connectivity index (χ1) is 34.3. The summed E-state index contributed by atoms with van der Waals surface area (Å²) in [7, 11) is -4.61. The van der Waals surface area contributed by atoms with E-state index in [2.05, 4.69) is 49.7 Å². The highest BCUT2D eigenvalue weighted by Gasteiger charge is 2.32. The molecule has 9 rings (SSSR count). The molecule has 3 aromatic heterocycles. The summed E-state index contributed by atoms with van der Waals surface area (Å²) in [5, 5.41) is 38.0. The largest absolute Gasteiger partial charge is 0.455 e. The number of nitrogens with one attached hydrogen (secondary N) is 3. The summed E-state index contributed by atoms with van der Waals surface area (Å²) in [6, 6.07) is 19.5. The minimum atomic E-state index is -4.61. The summed E-state index contributed by atoms with van der Waals surface area (Å²) >= 11 is 1.65. The molecule has 4 heterocycles. The maximum Gasteiger partial charge on any atom is 0.293 e. The number of sulfonamides is 1. The Morgan fingerprint density at radius 2 is 1.81 bits per heavy atom. The fourth-order valence-electron chi connectivity index (χ4n) is 10.1. The Labute approximate surface area is 423 Å². The molecule has 1 saturated heterocycles. The molecule has 1 atom stereocenters. The number of thiophene rings is 1. The lowest BCUT2D eigenvalue weighted by Crippen LogP contribution is -2.47. The topological polar surface area (TPSA) is 203 Å². The van der Waals surface area contributed by atoms with Gasteiger partial charge in [0.25, 0.3) is 21.6 Å². The second-order valence-corrected chi connectivity index (χ2v) is 23.4. The van der Waals surface area contributed by atoms with E-state index in [4.69, 9.17) is 4.74 Å². The minimum absolute atomic E-state index is 0.0440. The summed E-state index contributed by atoms with van der Waals surface area (Å²) in [5.74, 6) is -0.812. The van der Waals surface area contributed by atoms with Crippen molar-refractivity contribution in [2.75, 3.05) is 56.1 Å². The molecule has 3 aromatic carbocycles. The van der Waals surface area contributed by atoms with Crippen molar-refractivity contribution in [2.45, 2.75) is 89.1 Å². The van der Waals surface area contributed by atoms with Gasteiger partial charge in [0, 0.05) is 91.6 Å². The molecule has 18 heteroatoms. The molecule has 1 unspecified atom stereocenters. The van der Waals surface area contributed by atoms with Gasteiger partial charge in [-0.3, -0.25) is 19.8 Å². The summed E-state index contributed by atoms with van der Waals surface area (Å²) < 4.78 is 51.5. The van der Waals surface area contributed by atoms with Crippen LogP contribution >= 0.6 is 11.3 Å². The van der Waals surface area contributed by atoms with Crippen LogP contribution in [-0.2, 0) is 10.0 Å². The molecular formula is C54H62FN7O8S2. The third-order valence-corrected chi connectivity index (χ3v) is 17.0. The number of aromatic nitrogens is 2. The molecule has 1 aliphatic heterocycles. The SMILES string of the molecule is CC(CO)c1ccc(-c2csc(C3=C(CN4CCN(c5ccc(C(=O)NS(=O)(=O)c6ccc(NC[C@H]7CC[C@](C)(O)CC7)c([N+](=O)[O-])c6)c(Oc6cnc7[nH]ccc7c6)c5)CC4)CCC(C)(C)C3)c2)c(F)c1. The van der Waals surface area contributed by atoms with Crippen LogP contribution in [0.15, 0.2) is 101 Å². The predicted octanol–water partition coefficient (Wildman–Crippen LogP) is 10.5. The molecule has 6 aromatic rings. The predicted molar refractivity (Wildman–Crippen MR) is 280 cm³/mol. The molecule has 0 bridgehead atoms. The van der Waals surface area contributed by atoms with E-state index in [1.165, 1.54) is 41.6 Å². The van der Waals surface area contributed by atoms with Crippen molar-refractivity contribution in [1.82, 2.24) is 19.6 Å². The standard InChI is InChI=1S/C54H62FN7O8S2/c1-34(32-63)36-5-8-43(46(55)24-36)39-25-50(71-33-39)45-28-53(2,3)15-13-38(45)31-60-19-21-61(22-20-60)40-6-9-44(49(26-40)70-41-23-37-14-18-56-51(37)58-30-41)52(64)59-72(68,69)42-7-10-47(48(27-42)62(66)67)57-29-35-11-16-54(4,65)17-12-35/h5-10,14,18,23-27,30,33-35,57,63,65H,11-13,15-17,19-22,28-29,31-32H2,1-4H3,(H,56,58)(H,59,64)/t34?,35-,54-. The number of aromatic amines is 1. The van der Waals surface area contributed by atoms with Gasteiger partial charge in [-0.05, 0) is 134 Å². The Bertz CT molecular complexity index is 3130. The number of ether oxygens (including phenoxy) is 1. The van der Waals surface area contributed by atoms with E-state index in [0.29, 0.717) is 49.4 Å². The van der Waals surface area contributed by atoms with E-state index >= 15 is 4.39 Å². The second kappa shape index (κ2) is 20.7. The van der Waals surface area contributed by atoms with Crippen LogP contribution in [0.2, 0.25) is 0 Å². The lowest BCUT2D eigenvalue weighted by molar-refractivity contribution is -0.384. The molecule has 5 N–H and O–H groups in total. The third-order valence-electron chi connectivity index (χ3n) is 14.7. The maximum atomic E-state index is 15.4. The maximum absolute atomic E-state index is 15.4. The highest BCUT2D eigenvalue weighted by Crippen LogP contribution is 2.46. The number of allylic oxidation sites excluding steroid dienone is 1. The number of carbonyl (C=O) groups excluding carboxylic acids is 1. The van der Waals surface area contributed by atoms with Crippen molar-refractivity contribution in [3.05, 3.63) is 128 Å². The first kappa shape index (κ1) is 50.7. The average Bonchev–Trinajstić information content (AvgIpc) is 4.04. The van der Waals surface area contributed by atoms with Gasteiger partial charge in [-0.1, -0.05) is 38.5 Å². The number of pyridine rings is 1. The van der Waals surface area contributed by atoms with Crippen molar-refractivity contribution in [3.63, 3.8) is 0 Å². The van der Waals surface area contributed by atoms with Crippen molar-refractivity contribution in [1.29, 1.82) is 0 Å². The number of hydrogen-bond acceptors (Lipinski definition) is 13. The first-order valence-corrected chi connectivity index (χ1v) is 26.9. The zero-order valence-corrected chi connectivity index (χ0v) is 42.7. The molecule has 15 nitrogen and oxygen atoms in total. The van der Waals surface area contributed by atoms with Crippen molar-refractivity contribution in [3.8, 4) is 22.6 Å². The monoisotopic (exact) mass is 1020 g/mol. The molecule has 1 amide bonds. The van der Waals surface area contributed by atoms with Gasteiger partial charge < -0.3 is 30.2 Å². The number of aliphatic hydroxyl groups is 2. The van der Waals surface area contributed by atoms with Crippen molar-refractivity contribution >= 4 is 60.9 Å². The van der Waals surface area contributed by atoms with E-state index in [1.54, 1.807) is 42.7 Å². The highest BCUT2D eigenvalue weighted by molar-refractivity contribution is 7.90. The Kier molecular flexibility index (Phi) is 14.6. The smallest absolute Gasteiger partial charge is 0.293 e. The molecule has 0 spiro atoms. The van der Waals surface area contributed by atoms with Gasteiger partial charge in [-0.15, -0.1) is 11.3 Å². The Hall–Kier alpha value is -6.18. The lowest BCUT2D eigenvalue weighted by Gasteiger charge is -2.39. The number of hydrogen-bond donors (Lipinski definition) is 5. The molecule has 72 heavy (non-hydrogen) atoms. The summed E-state index contributed by atoms with van der Waals surface area (Å²) in [4.78, 5) is 38.4. The second-order valence-electron chi connectivity index (χ2n) is 20.8. The Morgan fingerprint density at radius 3 is 2.54 bits per heavy atom. The number of nitro groups is 1. The van der Waals surface area contributed by atoms with Gasteiger partial charge in [0.1, 0.15) is 28.7 Å². The lowest BCUT2D eigenvalue weighted by atomic mass is 9.73. The van der Waals surface area contributed by atoms with Gasteiger partial charge in [0.15, 0.2) is 0 Å². The zero-order chi connectivity index (χ0) is 51.0. The third kappa shape index (κ3) is 11.5. The fourth-order valence-corrected chi connectivity index (χ4v) is 12.1. The molecule has 2 fully saturated rings. The zero-order valence-electron chi connectivity index (χ0n) is 41.0. The van der Waals surface area contributed by atoms with Crippen LogP contribution in [0.3, 0.4) is 0 Å². The number of carbonyl (C=O) groups is 1. The van der Waals surface area contributed by atoms with E-state index < -0.39 is 37.0 Å². The van der Waals surface area contributed by atoms with Gasteiger partial charge in [0.2, 0.25) is 0 Å².